The smallest absolute Gasteiger partial charge is 0.122 e. The van der Waals surface area contributed by atoms with Gasteiger partial charge in [0.15, 0.2) is 0 Å². The van der Waals surface area contributed by atoms with E-state index in [1.807, 2.05) is 18.2 Å². The minimum Gasteiger partial charge on any atom is -0.496 e. The van der Waals surface area contributed by atoms with E-state index in [4.69, 9.17) is 22.1 Å². The Labute approximate surface area is 102 Å². The van der Waals surface area contributed by atoms with Gasteiger partial charge < -0.3 is 10.5 Å². The lowest BCUT2D eigenvalue weighted by molar-refractivity contribution is 0.395. The Bertz CT molecular complexity index is 388. The first-order valence-electron chi connectivity index (χ1n) is 5.73. The molecule has 2 N–H and O–H groups in total. The van der Waals surface area contributed by atoms with E-state index >= 15 is 0 Å². The maximum atomic E-state index is 6.31. The van der Waals surface area contributed by atoms with Crippen LogP contribution in [0.1, 0.15) is 37.7 Å². The molecule has 1 unspecified atom stereocenters. The monoisotopic (exact) mass is 239 g/mol. The van der Waals surface area contributed by atoms with E-state index < -0.39 is 0 Å². The van der Waals surface area contributed by atoms with Crippen molar-refractivity contribution in [3.05, 3.63) is 28.8 Å². The number of hydrogen-bond acceptors (Lipinski definition) is 2. The topological polar surface area (TPSA) is 35.2 Å². The van der Waals surface area contributed by atoms with Gasteiger partial charge in [0.25, 0.3) is 0 Å². The third-order valence-corrected chi connectivity index (χ3v) is 3.73. The van der Waals surface area contributed by atoms with Crippen LogP contribution in [0.15, 0.2) is 18.2 Å². The lowest BCUT2D eigenvalue weighted by atomic mass is 9.87. The quantitative estimate of drug-likeness (QED) is 0.875. The SMILES string of the molecule is CCC(c1cc(Cl)ccc1OC)C1(N)CC1. The second-order valence-electron chi connectivity index (χ2n) is 4.58. The highest BCUT2D eigenvalue weighted by Crippen LogP contribution is 2.49. The fraction of sp³-hybridized carbons (Fsp3) is 0.538. The molecule has 16 heavy (non-hydrogen) atoms. The fourth-order valence-electron chi connectivity index (χ4n) is 2.41. The summed E-state index contributed by atoms with van der Waals surface area (Å²) in [5.74, 6) is 1.24. The lowest BCUT2D eigenvalue weighted by Crippen LogP contribution is -2.30. The second-order valence-corrected chi connectivity index (χ2v) is 5.02. The number of halogens is 1. The van der Waals surface area contributed by atoms with Crippen LogP contribution < -0.4 is 10.5 Å². The zero-order valence-electron chi connectivity index (χ0n) is 9.79. The van der Waals surface area contributed by atoms with Crippen LogP contribution in [0.2, 0.25) is 5.02 Å². The molecule has 1 aliphatic rings. The summed E-state index contributed by atoms with van der Waals surface area (Å²) < 4.78 is 5.39. The Morgan fingerprint density at radius 1 is 1.50 bits per heavy atom. The Morgan fingerprint density at radius 2 is 2.19 bits per heavy atom. The molecule has 0 bridgehead atoms. The van der Waals surface area contributed by atoms with E-state index in [-0.39, 0.29) is 5.54 Å². The van der Waals surface area contributed by atoms with Gasteiger partial charge in [0.05, 0.1) is 7.11 Å². The van der Waals surface area contributed by atoms with Gasteiger partial charge in [0.2, 0.25) is 0 Å². The van der Waals surface area contributed by atoms with Gasteiger partial charge in [0, 0.05) is 22.0 Å². The van der Waals surface area contributed by atoms with Gasteiger partial charge in [-0.3, -0.25) is 0 Å². The molecule has 1 saturated carbocycles. The molecule has 0 radical (unpaired) electrons. The van der Waals surface area contributed by atoms with Crippen LogP contribution in [0.5, 0.6) is 5.75 Å². The molecular weight excluding hydrogens is 222 g/mol. The Hall–Kier alpha value is -0.730. The molecule has 1 aromatic carbocycles. The highest BCUT2D eigenvalue weighted by Gasteiger charge is 2.46. The van der Waals surface area contributed by atoms with Crippen molar-refractivity contribution in [3.8, 4) is 5.75 Å². The first-order valence-corrected chi connectivity index (χ1v) is 6.11. The van der Waals surface area contributed by atoms with Crippen LogP contribution in [-0.2, 0) is 0 Å². The summed E-state index contributed by atoms with van der Waals surface area (Å²) >= 11 is 6.05. The molecule has 1 aromatic rings. The molecular formula is C13H18ClNO. The summed E-state index contributed by atoms with van der Waals surface area (Å²) in [6, 6.07) is 5.76. The molecule has 0 aromatic heterocycles. The molecule has 3 heteroatoms. The van der Waals surface area contributed by atoms with Crippen molar-refractivity contribution >= 4 is 11.6 Å². The summed E-state index contributed by atoms with van der Waals surface area (Å²) in [6.07, 6.45) is 3.22. The molecule has 0 aliphatic heterocycles. The predicted octanol–water partition coefficient (Wildman–Crippen LogP) is 3.33. The van der Waals surface area contributed by atoms with E-state index in [9.17, 15) is 0 Å². The number of methoxy groups -OCH3 is 1. The van der Waals surface area contributed by atoms with Crippen LogP contribution >= 0.6 is 11.6 Å². The average molecular weight is 240 g/mol. The number of ether oxygens (including phenoxy) is 1. The first kappa shape index (κ1) is 11.7. The molecule has 1 aliphatic carbocycles. The van der Waals surface area contributed by atoms with Crippen molar-refractivity contribution in [2.24, 2.45) is 5.73 Å². The molecule has 2 rings (SSSR count). The van der Waals surface area contributed by atoms with Gasteiger partial charge in [-0.15, -0.1) is 0 Å². The Morgan fingerprint density at radius 3 is 2.69 bits per heavy atom. The maximum Gasteiger partial charge on any atom is 0.122 e. The normalized spacial score (nSPS) is 19.2. The summed E-state index contributed by atoms with van der Waals surface area (Å²) in [4.78, 5) is 0. The van der Waals surface area contributed by atoms with Gasteiger partial charge in [-0.2, -0.15) is 0 Å². The summed E-state index contributed by atoms with van der Waals surface area (Å²) in [6.45, 7) is 2.16. The summed E-state index contributed by atoms with van der Waals surface area (Å²) in [5, 5.41) is 0.749. The van der Waals surface area contributed by atoms with Crippen molar-refractivity contribution in [1.82, 2.24) is 0 Å². The Kier molecular flexibility index (Phi) is 3.13. The molecule has 88 valence electrons. The molecule has 0 spiro atoms. The molecule has 0 amide bonds. The molecule has 2 nitrogen and oxygen atoms in total. The number of hydrogen-bond donors (Lipinski definition) is 1. The van der Waals surface area contributed by atoms with Crippen molar-refractivity contribution in [2.45, 2.75) is 37.6 Å². The van der Waals surface area contributed by atoms with E-state index in [0.29, 0.717) is 5.92 Å². The molecule has 1 fully saturated rings. The summed E-state index contributed by atoms with van der Waals surface area (Å²) in [7, 11) is 1.69. The predicted molar refractivity (Wildman–Crippen MR) is 67.2 cm³/mol. The first-order chi connectivity index (χ1) is 7.60. The maximum absolute atomic E-state index is 6.31. The van der Waals surface area contributed by atoms with Crippen molar-refractivity contribution in [2.75, 3.05) is 7.11 Å². The summed E-state index contributed by atoms with van der Waals surface area (Å²) in [5.41, 5.74) is 7.42. The highest BCUT2D eigenvalue weighted by atomic mass is 35.5. The van der Waals surface area contributed by atoms with Crippen LogP contribution in [-0.4, -0.2) is 12.6 Å². The van der Waals surface area contributed by atoms with E-state index in [0.717, 1.165) is 35.6 Å². The number of nitrogens with two attached hydrogens (primary N) is 1. The minimum atomic E-state index is -0.0350. The molecule has 1 atom stereocenters. The van der Waals surface area contributed by atoms with Crippen LogP contribution in [0.25, 0.3) is 0 Å². The zero-order chi connectivity index (χ0) is 11.8. The van der Waals surface area contributed by atoms with E-state index in [2.05, 4.69) is 6.92 Å². The standard InChI is InChI=1S/C13H18ClNO/c1-3-11(13(15)6-7-13)10-8-9(14)4-5-12(10)16-2/h4-5,8,11H,3,6-7,15H2,1-2H3. The third kappa shape index (κ3) is 2.04. The number of benzene rings is 1. The Balaban J connectivity index is 2.40. The van der Waals surface area contributed by atoms with Gasteiger partial charge >= 0.3 is 0 Å². The van der Waals surface area contributed by atoms with Gasteiger partial charge in [-0.05, 0) is 37.5 Å². The second kappa shape index (κ2) is 4.27. The van der Waals surface area contributed by atoms with Crippen molar-refractivity contribution < 1.29 is 4.74 Å². The molecule has 0 heterocycles. The van der Waals surface area contributed by atoms with Gasteiger partial charge in [0.1, 0.15) is 5.75 Å². The van der Waals surface area contributed by atoms with E-state index in [1.54, 1.807) is 7.11 Å². The van der Waals surface area contributed by atoms with Gasteiger partial charge in [-0.25, -0.2) is 0 Å². The van der Waals surface area contributed by atoms with Crippen LogP contribution in [0, 0.1) is 0 Å². The number of rotatable bonds is 4. The zero-order valence-corrected chi connectivity index (χ0v) is 10.6. The fourth-order valence-corrected chi connectivity index (χ4v) is 2.59. The van der Waals surface area contributed by atoms with Crippen molar-refractivity contribution in [1.29, 1.82) is 0 Å². The van der Waals surface area contributed by atoms with E-state index in [1.165, 1.54) is 0 Å². The average Bonchev–Trinajstić information content (AvgIpc) is 2.98. The van der Waals surface area contributed by atoms with Gasteiger partial charge in [-0.1, -0.05) is 18.5 Å². The largest absolute Gasteiger partial charge is 0.496 e. The highest BCUT2D eigenvalue weighted by molar-refractivity contribution is 6.30. The minimum absolute atomic E-state index is 0.0350. The van der Waals surface area contributed by atoms with Crippen LogP contribution in [0.4, 0.5) is 0 Å². The van der Waals surface area contributed by atoms with Crippen molar-refractivity contribution in [3.63, 3.8) is 0 Å². The molecule has 0 saturated heterocycles. The lowest BCUT2D eigenvalue weighted by Gasteiger charge is -2.24. The third-order valence-electron chi connectivity index (χ3n) is 3.50. The van der Waals surface area contributed by atoms with Crippen LogP contribution in [0.3, 0.4) is 0 Å².